The van der Waals surface area contributed by atoms with Crippen molar-refractivity contribution < 1.29 is 9.63 Å². The number of aryl methyl sites for hydroxylation is 1. The molecular weight excluding hydrogens is 316 g/mol. The maximum atomic E-state index is 11.3. The number of nitrogens with zero attached hydrogens (tertiary/aromatic N) is 2. The van der Waals surface area contributed by atoms with Crippen LogP contribution in [0, 0.1) is 0 Å². The summed E-state index contributed by atoms with van der Waals surface area (Å²) in [6.07, 6.45) is 0. The standard InChI is InChI=1S/C16H15ClN4O2/c1-21-14-7-6-12(17)8-13(14)20-16(21)19-9-10-2-4-11(5-3-10)15(22)23-18/h2-8H,9,18H2,1H3,(H,19,20). The zero-order valence-corrected chi connectivity index (χ0v) is 13.2. The van der Waals surface area contributed by atoms with Gasteiger partial charge in [-0.25, -0.2) is 9.78 Å². The Balaban J connectivity index is 1.75. The first kappa shape index (κ1) is 15.3. The third-order valence-corrected chi connectivity index (χ3v) is 3.83. The highest BCUT2D eigenvalue weighted by molar-refractivity contribution is 6.31. The summed E-state index contributed by atoms with van der Waals surface area (Å²) in [5.41, 5.74) is 3.25. The van der Waals surface area contributed by atoms with E-state index in [1.54, 1.807) is 12.1 Å². The number of imidazole rings is 1. The second-order valence-electron chi connectivity index (χ2n) is 5.08. The number of carbonyl (C=O) groups is 1. The number of nitrogens with two attached hydrogens (primary N) is 1. The molecule has 0 saturated heterocycles. The summed E-state index contributed by atoms with van der Waals surface area (Å²) in [5.74, 6) is 5.04. The number of nitrogens with one attached hydrogen (secondary N) is 1. The zero-order chi connectivity index (χ0) is 16.4. The molecule has 23 heavy (non-hydrogen) atoms. The lowest BCUT2D eigenvalue weighted by Crippen LogP contribution is -2.10. The average molecular weight is 331 g/mol. The number of halogens is 1. The molecule has 2 aromatic carbocycles. The van der Waals surface area contributed by atoms with E-state index in [9.17, 15) is 4.79 Å². The summed E-state index contributed by atoms with van der Waals surface area (Å²) in [6.45, 7) is 0.572. The molecule has 1 heterocycles. The van der Waals surface area contributed by atoms with Crippen LogP contribution in [-0.2, 0) is 18.4 Å². The summed E-state index contributed by atoms with van der Waals surface area (Å²) >= 11 is 5.99. The molecular formula is C16H15ClN4O2. The number of hydrogen-bond acceptors (Lipinski definition) is 5. The maximum absolute atomic E-state index is 11.3. The van der Waals surface area contributed by atoms with Gasteiger partial charge < -0.3 is 14.7 Å². The van der Waals surface area contributed by atoms with Gasteiger partial charge >= 0.3 is 5.97 Å². The molecule has 0 amide bonds. The van der Waals surface area contributed by atoms with E-state index in [0.29, 0.717) is 17.1 Å². The Labute approximate surface area is 137 Å². The molecule has 0 fully saturated rings. The van der Waals surface area contributed by atoms with Crippen molar-refractivity contribution in [2.75, 3.05) is 5.32 Å². The highest BCUT2D eigenvalue weighted by Crippen LogP contribution is 2.22. The Kier molecular flexibility index (Phi) is 4.18. The summed E-state index contributed by atoms with van der Waals surface area (Å²) in [5, 5.41) is 3.93. The van der Waals surface area contributed by atoms with Crippen LogP contribution in [-0.4, -0.2) is 15.5 Å². The van der Waals surface area contributed by atoms with Crippen molar-refractivity contribution in [1.82, 2.24) is 9.55 Å². The van der Waals surface area contributed by atoms with Gasteiger partial charge in [0.2, 0.25) is 5.95 Å². The van der Waals surface area contributed by atoms with E-state index in [-0.39, 0.29) is 0 Å². The first-order valence-electron chi connectivity index (χ1n) is 6.94. The largest absolute Gasteiger partial charge is 0.370 e. The molecule has 3 N–H and O–H groups in total. The molecule has 3 rings (SSSR count). The van der Waals surface area contributed by atoms with Crippen molar-refractivity contribution in [3.05, 3.63) is 58.6 Å². The highest BCUT2D eigenvalue weighted by atomic mass is 35.5. The van der Waals surface area contributed by atoms with Crippen molar-refractivity contribution in [2.45, 2.75) is 6.54 Å². The molecule has 0 aliphatic rings. The van der Waals surface area contributed by atoms with E-state index >= 15 is 0 Å². The number of carbonyl (C=O) groups excluding carboxylic acids is 1. The normalized spacial score (nSPS) is 10.7. The molecule has 1 aromatic heterocycles. The fourth-order valence-corrected chi connectivity index (χ4v) is 2.51. The van der Waals surface area contributed by atoms with Crippen LogP contribution >= 0.6 is 11.6 Å². The molecule has 6 nitrogen and oxygen atoms in total. The van der Waals surface area contributed by atoms with E-state index in [2.05, 4.69) is 15.1 Å². The fraction of sp³-hybridized carbons (Fsp3) is 0.125. The SMILES string of the molecule is Cn1c(NCc2ccc(C(=O)ON)cc2)nc2cc(Cl)ccc21. The maximum Gasteiger partial charge on any atom is 0.356 e. The molecule has 0 unspecified atom stereocenters. The molecule has 0 radical (unpaired) electrons. The predicted molar refractivity (Wildman–Crippen MR) is 89.1 cm³/mol. The van der Waals surface area contributed by atoms with Crippen LogP contribution in [0.4, 0.5) is 5.95 Å². The Hall–Kier alpha value is -2.57. The Morgan fingerprint density at radius 3 is 2.74 bits per heavy atom. The number of anilines is 1. The lowest BCUT2D eigenvalue weighted by molar-refractivity contribution is 0.0503. The van der Waals surface area contributed by atoms with Crippen molar-refractivity contribution in [3.63, 3.8) is 0 Å². The van der Waals surface area contributed by atoms with Crippen LogP contribution in [0.25, 0.3) is 11.0 Å². The zero-order valence-electron chi connectivity index (χ0n) is 12.4. The Morgan fingerprint density at radius 2 is 2.04 bits per heavy atom. The first-order valence-corrected chi connectivity index (χ1v) is 7.32. The van der Waals surface area contributed by atoms with Gasteiger partial charge in [-0.2, -0.15) is 5.90 Å². The van der Waals surface area contributed by atoms with Gasteiger partial charge in [-0.1, -0.05) is 23.7 Å². The number of aromatic nitrogens is 2. The Morgan fingerprint density at radius 1 is 1.30 bits per heavy atom. The predicted octanol–water partition coefficient (Wildman–Crippen LogP) is 2.87. The highest BCUT2D eigenvalue weighted by Gasteiger charge is 2.08. The smallest absolute Gasteiger partial charge is 0.356 e. The van der Waals surface area contributed by atoms with Crippen molar-refractivity contribution in [1.29, 1.82) is 0 Å². The molecule has 0 spiro atoms. The summed E-state index contributed by atoms with van der Waals surface area (Å²) in [4.78, 5) is 20.0. The molecule has 0 bridgehead atoms. The molecule has 0 atom stereocenters. The van der Waals surface area contributed by atoms with E-state index in [1.165, 1.54) is 0 Å². The quantitative estimate of drug-likeness (QED) is 0.719. The number of rotatable bonds is 4. The van der Waals surface area contributed by atoms with Gasteiger partial charge in [0.15, 0.2) is 0 Å². The minimum atomic E-state index is -0.559. The molecule has 0 aliphatic carbocycles. The van der Waals surface area contributed by atoms with Gasteiger partial charge in [-0.3, -0.25) is 0 Å². The third-order valence-electron chi connectivity index (χ3n) is 3.59. The van der Waals surface area contributed by atoms with Gasteiger partial charge in [-0.05, 0) is 35.9 Å². The van der Waals surface area contributed by atoms with E-state index < -0.39 is 5.97 Å². The van der Waals surface area contributed by atoms with Gasteiger partial charge in [0.25, 0.3) is 0 Å². The Bertz CT molecular complexity index is 858. The summed E-state index contributed by atoms with van der Waals surface area (Å²) in [7, 11) is 1.94. The summed E-state index contributed by atoms with van der Waals surface area (Å²) < 4.78 is 1.96. The average Bonchev–Trinajstić information content (AvgIpc) is 2.88. The van der Waals surface area contributed by atoms with Crippen molar-refractivity contribution in [3.8, 4) is 0 Å². The van der Waals surface area contributed by atoms with Crippen LogP contribution in [0.3, 0.4) is 0 Å². The van der Waals surface area contributed by atoms with Crippen molar-refractivity contribution >= 4 is 34.6 Å². The molecule has 3 aromatic rings. The minimum absolute atomic E-state index is 0.411. The molecule has 0 saturated carbocycles. The second kappa shape index (κ2) is 6.28. The second-order valence-corrected chi connectivity index (χ2v) is 5.52. The first-order chi connectivity index (χ1) is 11.1. The molecule has 7 heteroatoms. The van der Waals surface area contributed by atoms with Crippen molar-refractivity contribution in [2.24, 2.45) is 12.9 Å². The molecule has 0 aliphatic heterocycles. The van der Waals surface area contributed by atoms with Gasteiger partial charge in [0.05, 0.1) is 16.6 Å². The van der Waals surface area contributed by atoms with E-state index in [4.69, 9.17) is 17.5 Å². The minimum Gasteiger partial charge on any atom is -0.370 e. The monoisotopic (exact) mass is 330 g/mol. The lowest BCUT2D eigenvalue weighted by atomic mass is 10.1. The van der Waals surface area contributed by atoms with Crippen LogP contribution in [0.15, 0.2) is 42.5 Å². The van der Waals surface area contributed by atoms with E-state index in [1.807, 2.05) is 41.9 Å². The van der Waals surface area contributed by atoms with E-state index in [0.717, 1.165) is 22.5 Å². The van der Waals surface area contributed by atoms with Gasteiger partial charge in [0.1, 0.15) is 0 Å². The fourth-order valence-electron chi connectivity index (χ4n) is 2.34. The van der Waals surface area contributed by atoms with Crippen LogP contribution < -0.4 is 11.2 Å². The van der Waals surface area contributed by atoms with Crippen LogP contribution in [0.5, 0.6) is 0 Å². The topological polar surface area (TPSA) is 82.2 Å². The van der Waals surface area contributed by atoms with Crippen LogP contribution in [0.1, 0.15) is 15.9 Å². The van der Waals surface area contributed by atoms with Crippen LogP contribution in [0.2, 0.25) is 5.02 Å². The summed E-state index contributed by atoms with van der Waals surface area (Å²) in [6, 6.07) is 12.6. The van der Waals surface area contributed by atoms with Gasteiger partial charge in [-0.15, -0.1) is 0 Å². The number of fused-ring (bicyclic) bond motifs is 1. The molecule has 118 valence electrons. The number of benzene rings is 2. The number of hydrogen-bond donors (Lipinski definition) is 2. The lowest BCUT2D eigenvalue weighted by Gasteiger charge is -2.07. The van der Waals surface area contributed by atoms with Gasteiger partial charge in [0, 0.05) is 18.6 Å². The third kappa shape index (κ3) is 3.13.